The van der Waals surface area contributed by atoms with E-state index in [0.717, 1.165) is 13.2 Å². The molecule has 2 heteroatoms. The summed E-state index contributed by atoms with van der Waals surface area (Å²) in [6.07, 6.45) is 4.51. The summed E-state index contributed by atoms with van der Waals surface area (Å²) in [7, 11) is 0. The van der Waals surface area contributed by atoms with Crippen LogP contribution in [-0.4, -0.2) is 36.1 Å². The molecule has 1 aliphatic heterocycles. The summed E-state index contributed by atoms with van der Waals surface area (Å²) in [5.74, 6) is 0. The number of unbranched alkanes of at least 4 members (excludes halogenated alkanes) is 1. The smallest absolute Gasteiger partial charge is 0.0510 e. The molecule has 0 bridgehead atoms. The normalized spacial score (nSPS) is 17.2. The van der Waals surface area contributed by atoms with Gasteiger partial charge in [0.2, 0.25) is 0 Å². The first-order chi connectivity index (χ1) is 8.81. The van der Waals surface area contributed by atoms with Gasteiger partial charge in [-0.05, 0) is 24.1 Å². The van der Waals surface area contributed by atoms with Gasteiger partial charge in [0.1, 0.15) is 0 Å². The van der Waals surface area contributed by atoms with Crippen LogP contribution in [0.5, 0.6) is 0 Å². The van der Waals surface area contributed by atoms with Gasteiger partial charge in [-0.15, -0.1) is 0 Å². The summed E-state index contributed by atoms with van der Waals surface area (Å²) in [6, 6.07) is 8.72. The molecule has 98 valence electrons. The molecule has 1 aliphatic rings. The molecule has 0 aromatic heterocycles. The zero-order valence-electron chi connectivity index (χ0n) is 11.4. The van der Waals surface area contributed by atoms with Crippen molar-refractivity contribution < 1.29 is 0 Å². The molecule has 1 saturated heterocycles. The highest BCUT2D eigenvalue weighted by atomic mass is 15.4. The van der Waals surface area contributed by atoms with Crippen molar-refractivity contribution in [1.82, 2.24) is 9.80 Å². The van der Waals surface area contributed by atoms with Crippen molar-refractivity contribution in [2.45, 2.75) is 26.3 Å². The predicted molar refractivity (Wildman–Crippen MR) is 78.3 cm³/mol. The quantitative estimate of drug-likeness (QED) is 0.758. The summed E-state index contributed by atoms with van der Waals surface area (Å²) in [6.45, 7) is 11.9. The van der Waals surface area contributed by atoms with Crippen molar-refractivity contribution in [3.8, 4) is 0 Å². The average molecular weight is 244 g/mol. The van der Waals surface area contributed by atoms with E-state index in [1.54, 1.807) is 0 Å². The molecule has 2 rings (SSSR count). The molecular formula is C16H24N2. The third-order valence-corrected chi connectivity index (χ3v) is 3.58. The minimum absolute atomic E-state index is 1.07. The summed E-state index contributed by atoms with van der Waals surface area (Å²) >= 11 is 0. The van der Waals surface area contributed by atoms with E-state index >= 15 is 0 Å². The largest absolute Gasteiger partial charge is 0.289 e. The van der Waals surface area contributed by atoms with E-state index in [0.29, 0.717) is 0 Å². The lowest BCUT2D eigenvalue weighted by atomic mass is 10.1. The van der Waals surface area contributed by atoms with Crippen molar-refractivity contribution in [1.29, 1.82) is 0 Å². The first-order valence-electron chi connectivity index (χ1n) is 6.98. The molecule has 1 heterocycles. The molecule has 0 amide bonds. The summed E-state index contributed by atoms with van der Waals surface area (Å²) in [4.78, 5) is 5.08. The van der Waals surface area contributed by atoms with Crippen molar-refractivity contribution in [3.05, 3.63) is 42.0 Å². The van der Waals surface area contributed by atoms with Gasteiger partial charge >= 0.3 is 0 Å². The highest BCUT2D eigenvalue weighted by Crippen LogP contribution is 2.12. The molecule has 1 aromatic carbocycles. The van der Waals surface area contributed by atoms with Crippen molar-refractivity contribution in [3.63, 3.8) is 0 Å². The molecule has 0 aliphatic carbocycles. The van der Waals surface area contributed by atoms with Crippen LogP contribution in [0.1, 0.15) is 30.9 Å². The first-order valence-corrected chi connectivity index (χ1v) is 6.98. The minimum atomic E-state index is 1.07. The standard InChI is InChI=1S/C16H24N2/c1-3-5-10-17-11-12-18(14-17)13-16-8-6-15(4-2)7-9-16/h4,6-9H,2-3,5,10-14H2,1H3. The Labute approximate surface area is 111 Å². The molecule has 2 nitrogen and oxygen atoms in total. The summed E-state index contributed by atoms with van der Waals surface area (Å²) in [5, 5.41) is 0. The van der Waals surface area contributed by atoms with Crippen LogP contribution >= 0.6 is 0 Å². The Kier molecular flexibility index (Phi) is 4.97. The zero-order valence-corrected chi connectivity index (χ0v) is 11.4. The SMILES string of the molecule is C=Cc1ccc(CN2CCN(CCCC)C2)cc1. The van der Waals surface area contributed by atoms with Gasteiger partial charge in [0.15, 0.2) is 0 Å². The van der Waals surface area contributed by atoms with Crippen LogP contribution in [0.25, 0.3) is 6.08 Å². The number of benzene rings is 1. The van der Waals surface area contributed by atoms with Gasteiger partial charge in [0.25, 0.3) is 0 Å². The number of hydrogen-bond donors (Lipinski definition) is 0. The summed E-state index contributed by atoms with van der Waals surface area (Å²) < 4.78 is 0. The van der Waals surface area contributed by atoms with Gasteiger partial charge in [-0.1, -0.05) is 50.3 Å². The van der Waals surface area contributed by atoms with E-state index in [1.165, 1.54) is 43.6 Å². The fourth-order valence-corrected chi connectivity index (χ4v) is 2.42. The fraction of sp³-hybridized carbons (Fsp3) is 0.500. The number of hydrogen-bond acceptors (Lipinski definition) is 2. The molecule has 0 unspecified atom stereocenters. The van der Waals surface area contributed by atoms with Crippen LogP contribution in [-0.2, 0) is 6.54 Å². The van der Waals surface area contributed by atoms with Crippen molar-refractivity contribution in [2.75, 3.05) is 26.3 Å². The Morgan fingerprint density at radius 1 is 1.17 bits per heavy atom. The monoisotopic (exact) mass is 244 g/mol. The lowest BCUT2D eigenvalue weighted by Gasteiger charge is -2.17. The molecule has 0 saturated carbocycles. The maximum atomic E-state index is 3.79. The molecule has 18 heavy (non-hydrogen) atoms. The summed E-state index contributed by atoms with van der Waals surface area (Å²) in [5.41, 5.74) is 2.60. The number of nitrogens with zero attached hydrogens (tertiary/aromatic N) is 2. The Balaban J connectivity index is 1.81. The Morgan fingerprint density at radius 3 is 2.56 bits per heavy atom. The third-order valence-electron chi connectivity index (χ3n) is 3.58. The average Bonchev–Trinajstić information content (AvgIpc) is 2.85. The molecule has 0 radical (unpaired) electrons. The van der Waals surface area contributed by atoms with Crippen molar-refractivity contribution in [2.24, 2.45) is 0 Å². The van der Waals surface area contributed by atoms with Crippen LogP contribution < -0.4 is 0 Å². The second kappa shape index (κ2) is 6.72. The van der Waals surface area contributed by atoms with E-state index in [-0.39, 0.29) is 0 Å². The van der Waals surface area contributed by atoms with Crippen LogP contribution in [0.2, 0.25) is 0 Å². The van der Waals surface area contributed by atoms with Crippen LogP contribution in [0.3, 0.4) is 0 Å². The third kappa shape index (κ3) is 3.69. The van der Waals surface area contributed by atoms with E-state index in [4.69, 9.17) is 0 Å². The van der Waals surface area contributed by atoms with Crippen molar-refractivity contribution >= 4 is 6.08 Å². The topological polar surface area (TPSA) is 6.48 Å². The number of rotatable bonds is 6. The maximum absolute atomic E-state index is 3.79. The molecule has 0 N–H and O–H groups in total. The first kappa shape index (κ1) is 13.3. The van der Waals surface area contributed by atoms with Crippen LogP contribution in [0.4, 0.5) is 0 Å². The fourth-order valence-electron chi connectivity index (χ4n) is 2.42. The Hall–Kier alpha value is -1.12. The lowest BCUT2D eigenvalue weighted by molar-refractivity contribution is 0.238. The highest BCUT2D eigenvalue weighted by Gasteiger charge is 2.18. The molecule has 0 atom stereocenters. The molecule has 1 aromatic rings. The van der Waals surface area contributed by atoms with Crippen LogP contribution in [0, 0.1) is 0 Å². The minimum Gasteiger partial charge on any atom is -0.289 e. The molecular weight excluding hydrogens is 220 g/mol. The second-order valence-electron chi connectivity index (χ2n) is 5.11. The van der Waals surface area contributed by atoms with Gasteiger partial charge in [0.05, 0.1) is 6.67 Å². The van der Waals surface area contributed by atoms with E-state index < -0.39 is 0 Å². The van der Waals surface area contributed by atoms with Gasteiger partial charge in [-0.25, -0.2) is 0 Å². The zero-order chi connectivity index (χ0) is 12.8. The highest BCUT2D eigenvalue weighted by molar-refractivity contribution is 5.47. The Morgan fingerprint density at radius 2 is 1.89 bits per heavy atom. The van der Waals surface area contributed by atoms with Gasteiger partial charge in [0, 0.05) is 19.6 Å². The van der Waals surface area contributed by atoms with Gasteiger partial charge in [-0.3, -0.25) is 9.80 Å². The molecule has 1 fully saturated rings. The lowest BCUT2D eigenvalue weighted by Crippen LogP contribution is -2.26. The Bertz CT molecular complexity index is 369. The van der Waals surface area contributed by atoms with E-state index in [2.05, 4.69) is 47.6 Å². The van der Waals surface area contributed by atoms with Gasteiger partial charge in [-0.2, -0.15) is 0 Å². The van der Waals surface area contributed by atoms with E-state index in [9.17, 15) is 0 Å². The second-order valence-corrected chi connectivity index (χ2v) is 5.11. The predicted octanol–water partition coefficient (Wildman–Crippen LogP) is 3.20. The van der Waals surface area contributed by atoms with Crippen LogP contribution in [0.15, 0.2) is 30.8 Å². The van der Waals surface area contributed by atoms with Gasteiger partial charge < -0.3 is 0 Å². The molecule has 0 spiro atoms. The van der Waals surface area contributed by atoms with E-state index in [1.807, 2.05) is 6.08 Å². The maximum Gasteiger partial charge on any atom is 0.0510 e.